The van der Waals surface area contributed by atoms with Crippen LogP contribution in [0.3, 0.4) is 0 Å². The third kappa shape index (κ3) is 3.90. The largest absolute Gasteiger partial charge is 0.497 e. The number of nitrogens with one attached hydrogen (secondary N) is 2. The Morgan fingerprint density at radius 3 is 2.11 bits per heavy atom. The van der Waals surface area contributed by atoms with Crippen molar-refractivity contribution in [1.82, 2.24) is 9.97 Å². The third-order valence-electron chi connectivity index (χ3n) is 3.91. The monoisotopic (exact) mass is 366 g/mol. The molecule has 1 aromatic heterocycles. The Bertz CT molecular complexity index is 1010. The van der Waals surface area contributed by atoms with E-state index in [1.807, 2.05) is 0 Å². The average Bonchev–Trinajstić information content (AvgIpc) is 2.70. The second-order valence-corrected chi connectivity index (χ2v) is 5.59. The fraction of sp³-hybridized carbons (Fsp3) is 0.105. The van der Waals surface area contributed by atoms with E-state index in [2.05, 4.69) is 15.3 Å². The molecule has 0 saturated heterocycles. The molecule has 1 heterocycles. The number of benzene rings is 2. The highest BCUT2D eigenvalue weighted by atomic mass is 16.5. The van der Waals surface area contributed by atoms with Gasteiger partial charge in [0, 0.05) is 11.3 Å². The number of hydrogen-bond acceptors (Lipinski definition) is 6. The van der Waals surface area contributed by atoms with Gasteiger partial charge in [0.25, 0.3) is 5.91 Å². The molecular formula is C19H18N4O4. The van der Waals surface area contributed by atoms with Crippen LogP contribution in [0.25, 0.3) is 11.3 Å². The summed E-state index contributed by atoms with van der Waals surface area (Å²) in [7, 11) is 3.10. The first-order valence-electron chi connectivity index (χ1n) is 8.01. The minimum Gasteiger partial charge on any atom is -0.497 e. The zero-order valence-electron chi connectivity index (χ0n) is 14.8. The molecule has 0 aliphatic rings. The SMILES string of the molecule is COc1ccc(NC(=O)c2[nH]c(=O)nc(-c3ccc(OC)cc3)c2N)cc1. The van der Waals surface area contributed by atoms with Gasteiger partial charge in [-0.15, -0.1) is 0 Å². The van der Waals surface area contributed by atoms with Crippen LogP contribution in [0.1, 0.15) is 10.5 Å². The highest BCUT2D eigenvalue weighted by molar-refractivity contribution is 6.07. The topological polar surface area (TPSA) is 119 Å². The number of H-pyrrole nitrogens is 1. The van der Waals surface area contributed by atoms with Crippen LogP contribution in [-0.2, 0) is 0 Å². The summed E-state index contributed by atoms with van der Waals surface area (Å²) in [5, 5.41) is 2.68. The quantitative estimate of drug-likeness (QED) is 0.637. The lowest BCUT2D eigenvalue weighted by Crippen LogP contribution is -2.23. The minimum absolute atomic E-state index is 0.0587. The first-order chi connectivity index (χ1) is 13.0. The van der Waals surface area contributed by atoms with Crippen molar-refractivity contribution < 1.29 is 14.3 Å². The van der Waals surface area contributed by atoms with E-state index in [0.717, 1.165) is 0 Å². The lowest BCUT2D eigenvalue weighted by Gasteiger charge is -2.11. The van der Waals surface area contributed by atoms with Gasteiger partial charge in [-0.3, -0.25) is 9.78 Å². The van der Waals surface area contributed by atoms with Gasteiger partial charge >= 0.3 is 5.69 Å². The summed E-state index contributed by atoms with van der Waals surface area (Å²) >= 11 is 0. The number of nitrogens with two attached hydrogens (primary N) is 1. The molecule has 0 aliphatic carbocycles. The molecule has 3 rings (SSSR count). The van der Waals surface area contributed by atoms with Crippen LogP contribution in [0.5, 0.6) is 11.5 Å². The number of nitrogen functional groups attached to an aromatic ring is 1. The summed E-state index contributed by atoms with van der Waals surface area (Å²) in [5.41, 5.74) is 6.81. The maximum atomic E-state index is 12.6. The molecule has 0 unspecified atom stereocenters. The van der Waals surface area contributed by atoms with E-state index in [0.29, 0.717) is 22.7 Å². The number of carbonyl (C=O) groups is 1. The van der Waals surface area contributed by atoms with Crippen LogP contribution in [0, 0.1) is 0 Å². The molecule has 2 aromatic carbocycles. The van der Waals surface area contributed by atoms with Gasteiger partial charge in [-0.1, -0.05) is 0 Å². The van der Waals surface area contributed by atoms with Crippen LogP contribution in [0.4, 0.5) is 11.4 Å². The number of carbonyl (C=O) groups excluding carboxylic acids is 1. The van der Waals surface area contributed by atoms with Gasteiger partial charge in [-0.2, -0.15) is 4.98 Å². The molecule has 27 heavy (non-hydrogen) atoms. The number of amides is 1. The molecule has 3 aromatic rings. The Balaban J connectivity index is 1.93. The van der Waals surface area contributed by atoms with Crippen LogP contribution >= 0.6 is 0 Å². The summed E-state index contributed by atoms with van der Waals surface area (Å²) in [6, 6.07) is 13.6. The molecule has 138 valence electrons. The Kier molecular flexibility index (Phi) is 5.07. The van der Waals surface area contributed by atoms with Crippen LogP contribution in [-0.4, -0.2) is 30.1 Å². The highest BCUT2D eigenvalue weighted by Gasteiger charge is 2.17. The normalized spacial score (nSPS) is 10.3. The van der Waals surface area contributed by atoms with Gasteiger partial charge in [-0.25, -0.2) is 4.79 Å². The number of anilines is 2. The first kappa shape index (κ1) is 18.0. The molecule has 0 atom stereocenters. The Morgan fingerprint density at radius 2 is 1.56 bits per heavy atom. The van der Waals surface area contributed by atoms with E-state index in [9.17, 15) is 9.59 Å². The maximum absolute atomic E-state index is 12.6. The maximum Gasteiger partial charge on any atom is 0.346 e. The first-order valence-corrected chi connectivity index (χ1v) is 8.01. The number of methoxy groups -OCH3 is 2. The fourth-order valence-corrected chi connectivity index (χ4v) is 2.50. The van der Waals surface area contributed by atoms with E-state index in [4.69, 9.17) is 15.2 Å². The lowest BCUT2D eigenvalue weighted by molar-refractivity contribution is 0.102. The van der Waals surface area contributed by atoms with Crippen LogP contribution < -0.4 is 26.2 Å². The molecule has 8 nitrogen and oxygen atoms in total. The van der Waals surface area contributed by atoms with E-state index in [1.54, 1.807) is 62.8 Å². The van der Waals surface area contributed by atoms with Crippen molar-refractivity contribution in [1.29, 1.82) is 0 Å². The smallest absolute Gasteiger partial charge is 0.346 e. The van der Waals surface area contributed by atoms with Crippen molar-refractivity contribution in [3.05, 3.63) is 64.7 Å². The molecule has 0 fully saturated rings. The van der Waals surface area contributed by atoms with Gasteiger partial charge in [-0.05, 0) is 48.5 Å². The van der Waals surface area contributed by atoms with Gasteiger partial charge in [0.05, 0.1) is 19.9 Å². The number of rotatable bonds is 5. The number of aromatic amines is 1. The van der Waals surface area contributed by atoms with Crippen molar-refractivity contribution in [3.8, 4) is 22.8 Å². The number of ether oxygens (including phenoxy) is 2. The standard InChI is InChI=1S/C19H18N4O4/c1-26-13-7-3-11(4-8-13)16-15(20)17(23-19(25)22-16)18(24)21-12-5-9-14(27-2)10-6-12/h3-10H,20H2,1-2H3,(H,21,24)(H,22,23,25). The highest BCUT2D eigenvalue weighted by Crippen LogP contribution is 2.26. The Morgan fingerprint density at radius 1 is 1.00 bits per heavy atom. The van der Waals surface area contributed by atoms with Crippen molar-refractivity contribution in [2.75, 3.05) is 25.3 Å². The molecule has 0 bridgehead atoms. The molecule has 0 radical (unpaired) electrons. The lowest BCUT2D eigenvalue weighted by atomic mass is 10.1. The van der Waals surface area contributed by atoms with E-state index >= 15 is 0 Å². The van der Waals surface area contributed by atoms with Crippen molar-refractivity contribution in [3.63, 3.8) is 0 Å². The molecule has 4 N–H and O–H groups in total. The molecule has 0 spiro atoms. The third-order valence-corrected chi connectivity index (χ3v) is 3.91. The molecule has 0 aliphatic heterocycles. The van der Waals surface area contributed by atoms with Crippen molar-refractivity contribution in [2.45, 2.75) is 0 Å². The summed E-state index contributed by atoms with van der Waals surface area (Å²) in [6.45, 7) is 0. The van der Waals surface area contributed by atoms with E-state index in [1.165, 1.54) is 0 Å². The van der Waals surface area contributed by atoms with E-state index in [-0.39, 0.29) is 17.1 Å². The van der Waals surface area contributed by atoms with E-state index < -0.39 is 11.6 Å². The van der Waals surface area contributed by atoms with Gasteiger partial charge in [0.1, 0.15) is 22.9 Å². The van der Waals surface area contributed by atoms with Crippen LogP contribution in [0.15, 0.2) is 53.3 Å². The minimum atomic E-state index is -0.671. The second-order valence-electron chi connectivity index (χ2n) is 5.59. The molecule has 0 saturated carbocycles. The Hall–Kier alpha value is -3.81. The molecule has 1 amide bonds. The number of aromatic nitrogens is 2. The summed E-state index contributed by atoms with van der Waals surface area (Å²) in [4.78, 5) is 30.8. The fourth-order valence-electron chi connectivity index (χ4n) is 2.50. The van der Waals surface area contributed by atoms with Gasteiger partial charge < -0.3 is 20.5 Å². The predicted molar refractivity (Wildman–Crippen MR) is 102 cm³/mol. The van der Waals surface area contributed by atoms with Crippen molar-refractivity contribution >= 4 is 17.3 Å². The van der Waals surface area contributed by atoms with Gasteiger partial charge in [0.15, 0.2) is 0 Å². The van der Waals surface area contributed by atoms with Crippen molar-refractivity contribution in [2.24, 2.45) is 0 Å². The van der Waals surface area contributed by atoms with Crippen LogP contribution in [0.2, 0.25) is 0 Å². The predicted octanol–water partition coefficient (Wildman–Crippen LogP) is 2.29. The zero-order valence-corrected chi connectivity index (χ0v) is 14.8. The molecule has 8 heteroatoms. The number of hydrogen-bond donors (Lipinski definition) is 3. The second kappa shape index (κ2) is 7.61. The number of nitrogens with zero attached hydrogens (tertiary/aromatic N) is 1. The summed E-state index contributed by atoms with van der Waals surface area (Å²) in [5.74, 6) is 0.762. The summed E-state index contributed by atoms with van der Waals surface area (Å²) in [6.07, 6.45) is 0. The summed E-state index contributed by atoms with van der Waals surface area (Å²) < 4.78 is 10.2. The average molecular weight is 366 g/mol. The zero-order chi connectivity index (χ0) is 19.4. The van der Waals surface area contributed by atoms with Gasteiger partial charge in [0.2, 0.25) is 0 Å². The Labute approximate surface area is 155 Å². The molecular weight excluding hydrogens is 348 g/mol.